The number of phenols is 1. The summed E-state index contributed by atoms with van der Waals surface area (Å²) in [5.41, 5.74) is 0.485. The minimum absolute atomic E-state index is 0.0955. The van der Waals surface area contributed by atoms with Gasteiger partial charge in [-0.05, 0) is 31.2 Å². The van der Waals surface area contributed by atoms with Crippen LogP contribution in [0.25, 0.3) is 0 Å². The summed E-state index contributed by atoms with van der Waals surface area (Å²) in [6.45, 7) is 1.75. The lowest BCUT2D eigenvalue weighted by Gasteiger charge is -2.18. The molecule has 0 fully saturated rings. The Morgan fingerprint density at radius 2 is 1.89 bits per heavy atom. The monoisotopic (exact) mass is 284 g/mol. The van der Waals surface area contributed by atoms with E-state index in [0.717, 1.165) is 11.3 Å². The van der Waals surface area contributed by atoms with Gasteiger partial charge in [-0.3, -0.25) is 4.31 Å². The predicted octanol–water partition coefficient (Wildman–Crippen LogP) is 1.98. The van der Waals surface area contributed by atoms with Gasteiger partial charge in [0.25, 0.3) is 10.0 Å². The maximum atomic E-state index is 12.3. The van der Waals surface area contributed by atoms with Crippen molar-refractivity contribution in [1.29, 1.82) is 0 Å². The fourth-order valence-electron chi connectivity index (χ4n) is 1.40. The number of sulfonamides is 1. The van der Waals surface area contributed by atoms with Crippen LogP contribution in [0.15, 0.2) is 34.7 Å². The molecule has 1 aromatic carbocycles. The Labute approximate surface area is 109 Å². The highest BCUT2D eigenvalue weighted by atomic mass is 32.2. The molecule has 0 saturated heterocycles. The van der Waals surface area contributed by atoms with Crippen molar-refractivity contribution < 1.29 is 13.5 Å². The van der Waals surface area contributed by atoms with E-state index in [9.17, 15) is 13.5 Å². The molecule has 0 amide bonds. The first-order valence-corrected chi connectivity index (χ1v) is 7.37. The lowest BCUT2D eigenvalue weighted by molar-refractivity contribution is 0.475. The standard InChI is InChI=1S/C11H12N2O3S2/c1-8-12-7-11(17-8)18(15,16)13(2)9-3-5-10(14)6-4-9/h3-7,14H,1-2H3. The van der Waals surface area contributed by atoms with Crippen LogP contribution in [0.1, 0.15) is 5.01 Å². The van der Waals surface area contributed by atoms with E-state index >= 15 is 0 Å². The summed E-state index contributed by atoms with van der Waals surface area (Å²) in [7, 11) is -2.11. The zero-order valence-electron chi connectivity index (χ0n) is 9.86. The number of rotatable bonds is 3. The molecule has 0 aliphatic carbocycles. The fraction of sp³-hybridized carbons (Fsp3) is 0.182. The van der Waals surface area contributed by atoms with Crippen LogP contribution in [0.2, 0.25) is 0 Å². The molecule has 0 aliphatic rings. The summed E-state index contributed by atoms with van der Waals surface area (Å²) in [6, 6.07) is 5.97. The zero-order valence-corrected chi connectivity index (χ0v) is 11.5. The summed E-state index contributed by atoms with van der Waals surface area (Å²) in [5, 5.41) is 9.89. The summed E-state index contributed by atoms with van der Waals surface area (Å²) in [5.74, 6) is 0.0955. The van der Waals surface area contributed by atoms with Gasteiger partial charge in [-0.2, -0.15) is 0 Å². The van der Waals surface area contributed by atoms with Crippen LogP contribution >= 0.6 is 11.3 Å². The van der Waals surface area contributed by atoms with Gasteiger partial charge in [-0.1, -0.05) is 0 Å². The Kier molecular flexibility index (Phi) is 3.27. The Bertz CT molecular complexity index is 647. The van der Waals surface area contributed by atoms with Crippen molar-refractivity contribution in [1.82, 2.24) is 4.98 Å². The molecule has 7 heteroatoms. The third-order valence-corrected chi connectivity index (χ3v) is 5.56. The van der Waals surface area contributed by atoms with E-state index in [0.29, 0.717) is 10.7 Å². The Morgan fingerprint density at radius 3 is 2.39 bits per heavy atom. The highest BCUT2D eigenvalue weighted by molar-refractivity contribution is 7.94. The van der Waals surface area contributed by atoms with Crippen LogP contribution in [0.4, 0.5) is 5.69 Å². The zero-order chi connectivity index (χ0) is 13.3. The molecule has 0 unspecified atom stereocenters. The number of phenolic OH excluding ortho intramolecular Hbond substituents is 1. The summed E-state index contributed by atoms with van der Waals surface area (Å²) >= 11 is 1.13. The number of benzene rings is 1. The molecule has 0 bridgehead atoms. The first-order valence-electron chi connectivity index (χ1n) is 5.11. The van der Waals surface area contributed by atoms with Gasteiger partial charge in [0.1, 0.15) is 5.75 Å². The van der Waals surface area contributed by atoms with Crippen LogP contribution < -0.4 is 4.31 Å². The van der Waals surface area contributed by atoms with Gasteiger partial charge >= 0.3 is 0 Å². The number of aromatic hydroxyl groups is 1. The molecule has 0 radical (unpaired) electrons. The second kappa shape index (κ2) is 4.58. The Balaban J connectivity index is 2.39. The van der Waals surface area contributed by atoms with Crippen LogP contribution in [0, 0.1) is 6.92 Å². The van der Waals surface area contributed by atoms with Gasteiger partial charge in [0.15, 0.2) is 4.21 Å². The second-order valence-electron chi connectivity index (χ2n) is 3.69. The van der Waals surface area contributed by atoms with Crippen LogP contribution in [0.5, 0.6) is 5.75 Å². The van der Waals surface area contributed by atoms with Gasteiger partial charge in [0.2, 0.25) is 0 Å². The van der Waals surface area contributed by atoms with E-state index in [4.69, 9.17) is 0 Å². The van der Waals surface area contributed by atoms with Gasteiger partial charge < -0.3 is 5.11 Å². The van der Waals surface area contributed by atoms with Crippen molar-refractivity contribution in [3.8, 4) is 5.75 Å². The summed E-state index contributed by atoms with van der Waals surface area (Å²) in [4.78, 5) is 3.95. The molecule has 96 valence electrons. The van der Waals surface area contributed by atoms with Crippen molar-refractivity contribution in [2.75, 3.05) is 11.4 Å². The van der Waals surface area contributed by atoms with E-state index in [2.05, 4.69) is 4.98 Å². The number of aromatic nitrogens is 1. The van der Waals surface area contributed by atoms with Crippen LogP contribution in [-0.4, -0.2) is 25.6 Å². The van der Waals surface area contributed by atoms with E-state index in [1.165, 1.54) is 29.7 Å². The second-order valence-corrected chi connectivity index (χ2v) is 7.12. The molecular weight excluding hydrogens is 272 g/mol. The number of thiazole rings is 1. The fourth-order valence-corrected chi connectivity index (χ4v) is 3.87. The molecule has 0 saturated carbocycles. The average Bonchev–Trinajstić information content (AvgIpc) is 2.76. The third kappa shape index (κ3) is 2.32. The minimum atomic E-state index is -3.58. The van der Waals surface area contributed by atoms with Crippen molar-refractivity contribution in [2.45, 2.75) is 11.1 Å². The maximum absolute atomic E-state index is 12.3. The summed E-state index contributed by atoms with van der Waals surface area (Å²) in [6.07, 6.45) is 1.35. The summed E-state index contributed by atoms with van der Waals surface area (Å²) < 4.78 is 25.9. The van der Waals surface area contributed by atoms with E-state index in [1.807, 2.05) is 0 Å². The smallest absolute Gasteiger partial charge is 0.275 e. The van der Waals surface area contributed by atoms with E-state index in [1.54, 1.807) is 19.1 Å². The van der Waals surface area contributed by atoms with Gasteiger partial charge in [0, 0.05) is 7.05 Å². The molecule has 0 aliphatic heterocycles. The Morgan fingerprint density at radius 1 is 1.28 bits per heavy atom. The van der Waals surface area contributed by atoms with Crippen LogP contribution in [-0.2, 0) is 10.0 Å². The highest BCUT2D eigenvalue weighted by Crippen LogP contribution is 2.26. The first kappa shape index (κ1) is 12.8. The molecule has 1 N–H and O–H groups in total. The molecule has 1 aromatic heterocycles. The van der Waals surface area contributed by atoms with Crippen molar-refractivity contribution in [3.05, 3.63) is 35.5 Å². The highest BCUT2D eigenvalue weighted by Gasteiger charge is 2.23. The van der Waals surface area contributed by atoms with Crippen molar-refractivity contribution in [3.63, 3.8) is 0 Å². The topological polar surface area (TPSA) is 70.5 Å². The average molecular weight is 284 g/mol. The van der Waals surface area contributed by atoms with Gasteiger partial charge in [0.05, 0.1) is 16.9 Å². The van der Waals surface area contributed by atoms with Crippen molar-refractivity contribution in [2.24, 2.45) is 0 Å². The van der Waals surface area contributed by atoms with Crippen molar-refractivity contribution >= 4 is 27.0 Å². The van der Waals surface area contributed by atoms with E-state index in [-0.39, 0.29) is 9.96 Å². The normalized spacial score (nSPS) is 11.4. The number of aryl methyl sites for hydroxylation is 1. The molecule has 0 atom stereocenters. The third-order valence-electron chi connectivity index (χ3n) is 2.43. The van der Waals surface area contributed by atoms with E-state index < -0.39 is 10.0 Å². The molecule has 1 heterocycles. The first-order chi connectivity index (χ1) is 8.41. The molecule has 0 spiro atoms. The quantitative estimate of drug-likeness (QED) is 0.935. The predicted molar refractivity (Wildman–Crippen MR) is 70.5 cm³/mol. The molecule has 2 aromatic rings. The Hall–Kier alpha value is -1.60. The minimum Gasteiger partial charge on any atom is -0.508 e. The van der Waals surface area contributed by atoms with Gasteiger partial charge in [-0.25, -0.2) is 13.4 Å². The lowest BCUT2D eigenvalue weighted by Crippen LogP contribution is -2.25. The SMILES string of the molecule is Cc1ncc(S(=O)(=O)N(C)c2ccc(O)cc2)s1. The van der Waals surface area contributed by atoms with Crippen LogP contribution in [0.3, 0.4) is 0 Å². The molecule has 5 nitrogen and oxygen atoms in total. The largest absolute Gasteiger partial charge is 0.508 e. The molecular formula is C11H12N2O3S2. The lowest BCUT2D eigenvalue weighted by atomic mass is 10.3. The number of nitrogens with zero attached hydrogens (tertiary/aromatic N) is 2. The molecule has 18 heavy (non-hydrogen) atoms. The number of anilines is 1. The van der Waals surface area contributed by atoms with Gasteiger partial charge in [-0.15, -0.1) is 11.3 Å². The number of hydrogen-bond acceptors (Lipinski definition) is 5. The maximum Gasteiger partial charge on any atom is 0.275 e. The molecule has 2 rings (SSSR count). The number of hydrogen-bond donors (Lipinski definition) is 1.